The highest BCUT2D eigenvalue weighted by molar-refractivity contribution is 6.08. The average molecular weight is 591 g/mol. The first-order valence-electron chi connectivity index (χ1n) is 15.3. The molecule has 4 heterocycles. The number of ether oxygens (including phenoxy) is 1. The van der Waals surface area contributed by atoms with Crippen LogP contribution in [0.1, 0.15) is 0 Å². The minimum Gasteiger partial charge on any atom is -0.454 e. The van der Waals surface area contributed by atoms with Crippen LogP contribution in [0.5, 0.6) is 11.5 Å². The van der Waals surface area contributed by atoms with Crippen molar-refractivity contribution in [3.8, 4) is 73.5 Å². The molecule has 0 saturated heterocycles. The van der Waals surface area contributed by atoms with Crippen LogP contribution in [0.3, 0.4) is 0 Å². The van der Waals surface area contributed by atoms with Gasteiger partial charge in [0.15, 0.2) is 11.6 Å². The summed E-state index contributed by atoms with van der Waals surface area (Å²) in [4.78, 5) is 14.4. The van der Waals surface area contributed by atoms with E-state index in [1.165, 1.54) is 0 Å². The van der Waals surface area contributed by atoms with Gasteiger partial charge < -0.3 is 9.30 Å². The highest BCUT2D eigenvalue weighted by atomic mass is 16.5. The number of nitrogens with zero attached hydrogens (tertiary/aromatic N) is 4. The van der Waals surface area contributed by atoms with Crippen molar-refractivity contribution < 1.29 is 4.74 Å². The second-order valence-electron chi connectivity index (χ2n) is 11.3. The molecule has 0 unspecified atom stereocenters. The van der Waals surface area contributed by atoms with E-state index in [0.29, 0.717) is 5.82 Å². The Kier molecular flexibility index (Phi) is 6.06. The fourth-order valence-electron chi connectivity index (χ4n) is 6.42. The van der Waals surface area contributed by atoms with Crippen LogP contribution in [-0.4, -0.2) is 19.5 Å². The lowest BCUT2D eigenvalue weighted by Gasteiger charge is -2.14. The third-order valence-corrected chi connectivity index (χ3v) is 8.54. The van der Waals surface area contributed by atoms with Crippen molar-refractivity contribution in [1.29, 1.82) is 0 Å². The maximum Gasteiger partial charge on any atom is 0.160 e. The van der Waals surface area contributed by atoms with E-state index in [-0.39, 0.29) is 0 Å². The van der Waals surface area contributed by atoms with E-state index in [1.807, 2.05) is 60.8 Å². The van der Waals surface area contributed by atoms with E-state index < -0.39 is 0 Å². The van der Waals surface area contributed by atoms with Crippen LogP contribution in [0.2, 0.25) is 0 Å². The van der Waals surface area contributed by atoms with Crippen LogP contribution in [0.15, 0.2) is 158 Å². The molecule has 0 N–H and O–H groups in total. The van der Waals surface area contributed by atoms with Crippen molar-refractivity contribution in [2.45, 2.75) is 0 Å². The Hall–Kier alpha value is -6.33. The largest absolute Gasteiger partial charge is 0.454 e. The molecule has 0 fully saturated rings. The van der Waals surface area contributed by atoms with Crippen LogP contribution >= 0.6 is 0 Å². The molecule has 46 heavy (non-hydrogen) atoms. The first kappa shape index (κ1) is 26.1. The molecule has 1 aliphatic heterocycles. The van der Waals surface area contributed by atoms with Gasteiger partial charge in [-0.1, -0.05) is 103 Å². The molecule has 216 valence electrons. The second-order valence-corrected chi connectivity index (χ2v) is 11.3. The van der Waals surface area contributed by atoms with E-state index in [2.05, 4.69) is 101 Å². The van der Waals surface area contributed by atoms with E-state index >= 15 is 0 Å². The molecule has 5 heteroatoms. The highest BCUT2D eigenvalue weighted by Crippen LogP contribution is 2.51. The minimum absolute atomic E-state index is 0.701. The zero-order valence-electron chi connectivity index (χ0n) is 24.7. The molecule has 0 amide bonds. The number of aromatic nitrogens is 4. The summed E-state index contributed by atoms with van der Waals surface area (Å²) >= 11 is 0. The van der Waals surface area contributed by atoms with Crippen LogP contribution in [-0.2, 0) is 0 Å². The van der Waals surface area contributed by atoms with Crippen molar-refractivity contribution in [2.24, 2.45) is 0 Å². The van der Waals surface area contributed by atoms with Gasteiger partial charge in [0.05, 0.1) is 28.8 Å². The summed E-state index contributed by atoms with van der Waals surface area (Å²) in [5.74, 6) is 2.26. The number of para-hydroxylation sites is 2. The first-order chi connectivity index (χ1) is 22.8. The van der Waals surface area contributed by atoms with Crippen LogP contribution in [0.4, 0.5) is 0 Å². The third kappa shape index (κ3) is 4.29. The normalized spacial score (nSPS) is 11.7. The monoisotopic (exact) mass is 590 g/mol. The van der Waals surface area contributed by atoms with Crippen LogP contribution < -0.4 is 4.74 Å². The first-order valence-corrected chi connectivity index (χ1v) is 15.3. The predicted molar refractivity (Wildman–Crippen MR) is 184 cm³/mol. The molecule has 8 aromatic rings. The lowest BCUT2D eigenvalue weighted by molar-refractivity contribution is 0.485. The minimum atomic E-state index is 0.701. The maximum atomic E-state index is 6.47. The Bertz CT molecular complexity index is 2320. The fourth-order valence-corrected chi connectivity index (χ4v) is 6.42. The third-order valence-electron chi connectivity index (χ3n) is 8.54. The van der Waals surface area contributed by atoms with Gasteiger partial charge in [-0.2, -0.15) is 0 Å². The molecule has 5 aromatic carbocycles. The van der Waals surface area contributed by atoms with E-state index in [9.17, 15) is 0 Å². The van der Waals surface area contributed by atoms with Gasteiger partial charge in [0.25, 0.3) is 0 Å². The smallest absolute Gasteiger partial charge is 0.160 e. The summed E-state index contributed by atoms with van der Waals surface area (Å²) < 4.78 is 8.81. The Balaban J connectivity index is 1.24. The lowest BCUT2D eigenvalue weighted by Crippen LogP contribution is -1.99. The summed E-state index contributed by atoms with van der Waals surface area (Å²) in [7, 11) is 0. The zero-order valence-corrected chi connectivity index (χ0v) is 24.7. The number of hydrogen-bond donors (Lipinski definition) is 0. The molecule has 0 radical (unpaired) electrons. The predicted octanol–water partition coefficient (Wildman–Crippen LogP) is 10.3. The molecule has 5 nitrogen and oxygen atoms in total. The van der Waals surface area contributed by atoms with Crippen molar-refractivity contribution in [3.63, 3.8) is 0 Å². The van der Waals surface area contributed by atoms with Crippen molar-refractivity contribution in [2.75, 3.05) is 0 Å². The Morgan fingerprint density at radius 3 is 1.96 bits per heavy atom. The van der Waals surface area contributed by atoms with Gasteiger partial charge in [-0.25, -0.2) is 9.97 Å². The number of pyridine rings is 1. The standard InChI is InChI=1S/C41H26N4O/c1-3-11-27(12-4-1)34-25-35(44-41(43-34)29-13-5-2-6-14-29)28-19-21-30(22-20-28)45-36-17-9-7-15-31(36)39-32-23-24-42-26-38(32)46-37-18-10-8-16-33(37)40(39)45/h1-26H. The second kappa shape index (κ2) is 10.7. The lowest BCUT2D eigenvalue weighted by atomic mass is 9.99. The number of rotatable bonds is 4. The zero-order chi connectivity index (χ0) is 30.5. The van der Waals surface area contributed by atoms with Crippen molar-refractivity contribution >= 4 is 10.9 Å². The number of hydrogen-bond acceptors (Lipinski definition) is 4. The van der Waals surface area contributed by atoms with Gasteiger partial charge in [-0.15, -0.1) is 0 Å². The maximum absolute atomic E-state index is 6.47. The Labute approximate surface area is 266 Å². The van der Waals surface area contributed by atoms with Crippen LogP contribution in [0, 0.1) is 0 Å². The topological polar surface area (TPSA) is 52.8 Å². The molecule has 1 aliphatic rings. The summed E-state index contributed by atoms with van der Waals surface area (Å²) in [5, 5.41) is 1.16. The highest BCUT2D eigenvalue weighted by Gasteiger charge is 2.28. The van der Waals surface area contributed by atoms with Gasteiger partial charge in [-0.05, 0) is 42.5 Å². The van der Waals surface area contributed by atoms with Crippen molar-refractivity contribution in [3.05, 3.63) is 158 Å². The molecular formula is C41H26N4O. The van der Waals surface area contributed by atoms with Gasteiger partial charge in [0.2, 0.25) is 0 Å². The Morgan fingerprint density at radius 2 is 1.17 bits per heavy atom. The summed E-state index contributed by atoms with van der Waals surface area (Å²) in [6.45, 7) is 0. The molecule has 0 aliphatic carbocycles. The molecule has 0 bridgehead atoms. The van der Waals surface area contributed by atoms with E-state index in [0.717, 1.165) is 78.6 Å². The number of fused-ring (bicyclic) bond motifs is 7. The molecule has 3 aromatic heterocycles. The molecule has 0 saturated carbocycles. The molecule has 9 rings (SSSR count). The fraction of sp³-hybridized carbons (Fsp3) is 0. The molecular weight excluding hydrogens is 564 g/mol. The van der Waals surface area contributed by atoms with Crippen LogP contribution in [0.25, 0.3) is 72.9 Å². The summed E-state index contributed by atoms with van der Waals surface area (Å²) in [6.07, 6.45) is 3.63. The van der Waals surface area contributed by atoms with E-state index in [4.69, 9.17) is 14.7 Å². The molecule has 0 spiro atoms. The van der Waals surface area contributed by atoms with Gasteiger partial charge in [0.1, 0.15) is 5.75 Å². The SMILES string of the molecule is c1ccc(-c2cc(-c3ccc(-n4c5c(c6ccccc64)-c4ccncc4Oc4ccccc4-5)cc3)nc(-c3ccccc3)n2)cc1. The van der Waals surface area contributed by atoms with E-state index in [1.54, 1.807) is 6.20 Å². The van der Waals surface area contributed by atoms with Gasteiger partial charge >= 0.3 is 0 Å². The average Bonchev–Trinajstić information content (AvgIpc) is 3.40. The Morgan fingerprint density at radius 1 is 0.522 bits per heavy atom. The quantitative estimate of drug-likeness (QED) is 0.205. The molecule has 0 atom stereocenters. The van der Waals surface area contributed by atoms with Gasteiger partial charge in [0, 0.05) is 50.7 Å². The summed E-state index contributed by atoms with van der Waals surface area (Å²) in [5.41, 5.74) is 11.3. The van der Waals surface area contributed by atoms with Gasteiger partial charge in [-0.3, -0.25) is 4.98 Å². The number of benzene rings is 5. The summed E-state index contributed by atoms with van der Waals surface area (Å²) in [6, 6.07) is 50.0. The van der Waals surface area contributed by atoms with Crippen molar-refractivity contribution in [1.82, 2.24) is 19.5 Å².